The van der Waals surface area contributed by atoms with E-state index in [1.165, 1.54) is 19.3 Å². The lowest BCUT2D eigenvalue weighted by Gasteiger charge is -2.27. The summed E-state index contributed by atoms with van der Waals surface area (Å²) in [7, 11) is 1.63. The number of fused-ring (bicyclic) bond motifs is 1. The second-order valence-corrected chi connectivity index (χ2v) is 6.21. The average molecular weight is 319 g/mol. The molecule has 1 saturated heterocycles. The van der Waals surface area contributed by atoms with Gasteiger partial charge in [-0.05, 0) is 55.2 Å². The molecule has 0 radical (unpaired) electrons. The van der Waals surface area contributed by atoms with Crippen LogP contribution in [0, 0.1) is 0 Å². The van der Waals surface area contributed by atoms with E-state index < -0.39 is 0 Å². The van der Waals surface area contributed by atoms with Gasteiger partial charge < -0.3 is 9.64 Å². The number of methoxy groups -OCH3 is 1. The van der Waals surface area contributed by atoms with E-state index in [2.05, 4.69) is 40.2 Å². The van der Waals surface area contributed by atoms with Crippen molar-refractivity contribution in [1.82, 2.24) is 9.97 Å². The van der Waals surface area contributed by atoms with Crippen LogP contribution in [-0.2, 0) is 0 Å². The fourth-order valence-electron chi connectivity index (χ4n) is 3.27. The van der Waals surface area contributed by atoms with E-state index in [9.17, 15) is 0 Å². The fraction of sp³-hybridized carbons (Fsp3) is 0.300. The Morgan fingerprint density at radius 3 is 2.50 bits per heavy atom. The Labute approximate surface area is 142 Å². The van der Waals surface area contributed by atoms with Crippen LogP contribution in [-0.4, -0.2) is 30.2 Å². The minimum atomic E-state index is 0.632. The molecule has 24 heavy (non-hydrogen) atoms. The minimum Gasteiger partial charge on any atom is -0.481 e. The summed E-state index contributed by atoms with van der Waals surface area (Å²) in [4.78, 5) is 11.5. The van der Waals surface area contributed by atoms with Crippen molar-refractivity contribution in [2.24, 2.45) is 0 Å². The summed E-state index contributed by atoms with van der Waals surface area (Å²) in [6.07, 6.45) is 5.71. The lowest BCUT2D eigenvalue weighted by molar-refractivity contribution is 0.398. The number of aromatic nitrogens is 2. The van der Waals surface area contributed by atoms with E-state index in [0.29, 0.717) is 5.88 Å². The van der Waals surface area contributed by atoms with Gasteiger partial charge in [-0.2, -0.15) is 0 Å². The van der Waals surface area contributed by atoms with E-state index in [1.54, 1.807) is 7.11 Å². The quantitative estimate of drug-likeness (QED) is 0.721. The van der Waals surface area contributed by atoms with Gasteiger partial charge in [-0.15, -0.1) is 0 Å². The van der Waals surface area contributed by atoms with Crippen LogP contribution in [0.4, 0.5) is 5.82 Å². The molecule has 0 spiro atoms. The van der Waals surface area contributed by atoms with Gasteiger partial charge in [0.15, 0.2) is 0 Å². The van der Waals surface area contributed by atoms with Crippen molar-refractivity contribution < 1.29 is 4.74 Å². The molecule has 0 saturated carbocycles. The van der Waals surface area contributed by atoms with Crippen molar-refractivity contribution in [1.29, 1.82) is 0 Å². The van der Waals surface area contributed by atoms with Gasteiger partial charge in [0.1, 0.15) is 5.82 Å². The highest BCUT2D eigenvalue weighted by Gasteiger charge is 2.12. The number of hydrogen-bond acceptors (Lipinski definition) is 4. The van der Waals surface area contributed by atoms with Crippen LogP contribution < -0.4 is 9.64 Å². The molecule has 0 aliphatic carbocycles. The second-order valence-electron chi connectivity index (χ2n) is 6.21. The molecule has 1 aliphatic heterocycles. The molecule has 1 fully saturated rings. The lowest BCUT2D eigenvalue weighted by atomic mass is 10.0. The van der Waals surface area contributed by atoms with Crippen molar-refractivity contribution in [3.63, 3.8) is 0 Å². The first-order chi connectivity index (χ1) is 11.8. The average Bonchev–Trinajstić information content (AvgIpc) is 2.68. The van der Waals surface area contributed by atoms with E-state index in [4.69, 9.17) is 9.72 Å². The summed E-state index contributed by atoms with van der Waals surface area (Å²) in [5, 5.41) is 1.16. The summed E-state index contributed by atoms with van der Waals surface area (Å²) in [6.45, 7) is 2.24. The highest BCUT2D eigenvalue weighted by Crippen LogP contribution is 2.26. The maximum Gasteiger partial charge on any atom is 0.212 e. The number of rotatable bonds is 3. The Hall–Kier alpha value is -2.62. The van der Waals surface area contributed by atoms with Crippen LogP contribution in [0.5, 0.6) is 5.88 Å². The van der Waals surface area contributed by atoms with Gasteiger partial charge in [-0.25, -0.2) is 9.97 Å². The smallest absolute Gasteiger partial charge is 0.212 e. The topological polar surface area (TPSA) is 38.2 Å². The molecule has 4 rings (SSSR count). The maximum absolute atomic E-state index is 5.12. The molecule has 2 aromatic heterocycles. The van der Waals surface area contributed by atoms with Crippen LogP contribution in [0.25, 0.3) is 22.0 Å². The van der Waals surface area contributed by atoms with Gasteiger partial charge in [-0.1, -0.05) is 6.07 Å². The molecule has 3 aromatic rings. The molecule has 0 unspecified atom stereocenters. The van der Waals surface area contributed by atoms with E-state index in [1.807, 2.05) is 18.3 Å². The zero-order chi connectivity index (χ0) is 16.4. The second kappa shape index (κ2) is 6.48. The predicted molar refractivity (Wildman–Crippen MR) is 97.6 cm³/mol. The molecular weight excluding hydrogens is 298 g/mol. The van der Waals surface area contributed by atoms with Crippen molar-refractivity contribution in [2.75, 3.05) is 25.1 Å². The molecule has 122 valence electrons. The van der Waals surface area contributed by atoms with Crippen molar-refractivity contribution in [2.45, 2.75) is 19.3 Å². The molecular formula is C20H21N3O. The normalized spacial score (nSPS) is 14.8. The maximum atomic E-state index is 5.12. The fourth-order valence-corrected chi connectivity index (χ4v) is 3.27. The number of anilines is 1. The largest absolute Gasteiger partial charge is 0.481 e. The molecule has 0 N–H and O–H groups in total. The number of pyridine rings is 2. The van der Waals surface area contributed by atoms with Crippen molar-refractivity contribution in [3.05, 3.63) is 48.7 Å². The molecule has 3 heterocycles. The van der Waals surface area contributed by atoms with Gasteiger partial charge in [0.05, 0.1) is 12.6 Å². The summed E-state index contributed by atoms with van der Waals surface area (Å²) >= 11 is 0. The van der Waals surface area contributed by atoms with Crippen LogP contribution in [0.15, 0.2) is 48.7 Å². The summed E-state index contributed by atoms with van der Waals surface area (Å²) < 4.78 is 5.12. The molecule has 0 amide bonds. The van der Waals surface area contributed by atoms with E-state index in [0.717, 1.165) is 40.9 Å². The standard InChI is InChI=1S/C20H21N3O/c1-24-20-10-7-17(14-21-20)15-5-8-18-16(13-15)6-9-19(22-18)23-11-3-2-4-12-23/h5-10,13-14H,2-4,11-12H2,1H3. The predicted octanol–water partition coefficient (Wildman–Crippen LogP) is 4.30. The highest BCUT2D eigenvalue weighted by molar-refractivity contribution is 5.85. The number of ether oxygens (including phenoxy) is 1. The first kappa shape index (κ1) is 14.9. The summed E-state index contributed by atoms with van der Waals surface area (Å²) in [5.74, 6) is 1.73. The Morgan fingerprint density at radius 2 is 1.75 bits per heavy atom. The van der Waals surface area contributed by atoms with Crippen molar-refractivity contribution in [3.8, 4) is 17.0 Å². The first-order valence-electron chi connectivity index (χ1n) is 8.50. The van der Waals surface area contributed by atoms with Gasteiger partial charge in [0, 0.05) is 36.3 Å². The SMILES string of the molecule is COc1ccc(-c2ccc3nc(N4CCCCC4)ccc3c2)cn1. The zero-order valence-electron chi connectivity index (χ0n) is 13.9. The highest BCUT2D eigenvalue weighted by atomic mass is 16.5. The van der Waals surface area contributed by atoms with Crippen LogP contribution in [0.3, 0.4) is 0 Å². The van der Waals surface area contributed by atoms with Crippen LogP contribution in [0.1, 0.15) is 19.3 Å². The molecule has 0 atom stereocenters. The summed E-state index contributed by atoms with van der Waals surface area (Å²) in [6, 6.07) is 14.6. The first-order valence-corrected chi connectivity index (χ1v) is 8.50. The third kappa shape index (κ3) is 2.92. The van der Waals surface area contributed by atoms with Gasteiger partial charge in [0.25, 0.3) is 0 Å². The third-order valence-corrected chi connectivity index (χ3v) is 4.63. The Morgan fingerprint density at radius 1 is 0.917 bits per heavy atom. The number of hydrogen-bond donors (Lipinski definition) is 0. The van der Waals surface area contributed by atoms with Gasteiger partial charge in [-0.3, -0.25) is 0 Å². The number of benzene rings is 1. The lowest BCUT2D eigenvalue weighted by Crippen LogP contribution is -2.30. The molecule has 4 heteroatoms. The van der Waals surface area contributed by atoms with Gasteiger partial charge in [0.2, 0.25) is 5.88 Å². The van der Waals surface area contributed by atoms with Crippen LogP contribution in [0.2, 0.25) is 0 Å². The van der Waals surface area contributed by atoms with E-state index in [-0.39, 0.29) is 0 Å². The third-order valence-electron chi connectivity index (χ3n) is 4.63. The summed E-state index contributed by atoms with van der Waals surface area (Å²) in [5.41, 5.74) is 3.27. The Balaban J connectivity index is 1.65. The Kier molecular flexibility index (Phi) is 4.03. The number of nitrogens with zero attached hydrogens (tertiary/aromatic N) is 3. The molecule has 1 aliphatic rings. The number of piperidine rings is 1. The van der Waals surface area contributed by atoms with E-state index >= 15 is 0 Å². The molecule has 4 nitrogen and oxygen atoms in total. The molecule has 0 bridgehead atoms. The minimum absolute atomic E-state index is 0.632. The zero-order valence-corrected chi connectivity index (χ0v) is 13.9. The monoisotopic (exact) mass is 319 g/mol. The van der Waals surface area contributed by atoms with Gasteiger partial charge >= 0.3 is 0 Å². The van der Waals surface area contributed by atoms with Crippen molar-refractivity contribution >= 4 is 16.7 Å². The van der Waals surface area contributed by atoms with Crippen LogP contribution >= 0.6 is 0 Å². The molecule has 1 aromatic carbocycles. The Bertz CT molecular complexity index is 839.